The van der Waals surface area contributed by atoms with Crippen LogP contribution in [0.5, 0.6) is 0 Å². The minimum atomic E-state index is 0.200. The van der Waals surface area contributed by atoms with Gasteiger partial charge in [0.2, 0.25) is 0 Å². The Hall–Kier alpha value is -1.68. The monoisotopic (exact) mass is 272 g/mol. The zero-order chi connectivity index (χ0) is 14.7. The maximum absolute atomic E-state index is 4.62. The van der Waals surface area contributed by atoms with Crippen molar-refractivity contribution in [3.8, 4) is 0 Å². The Kier molecular flexibility index (Phi) is 4.55. The van der Waals surface area contributed by atoms with E-state index in [1.807, 2.05) is 24.1 Å². The number of aryl methyl sites for hydroxylation is 2. The summed E-state index contributed by atoms with van der Waals surface area (Å²) < 4.78 is 2.00. The fourth-order valence-corrected chi connectivity index (χ4v) is 2.41. The summed E-state index contributed by atoms with van der Waals surface area (Å²) in [6, 6.07) is 4.87. The first-order valence-electron chi connectivity index (χ1n) is 7.15. The van der Waals surface area contributed by atoms with Crippen LogP contribution in [0.2, 0.25) is 0 Å². The topological polar surface area (TPSA) is 42.7 Å². The Morgan fingerprint density at radius 3 is 2.60 bits per heavy atom. The number of nitrogens with zero attached hydrogens (tertiary/aromatic N) is 3. The summed E-state index contributed by atoms with van der Waals surface area (Å²) in [6.45, 7) is 8.46. The van der Waals surface area contributed by atoms with Crippen molar-refractivity contribution >= 4 is 0 Å². The van der Waals surface area contributed by atoms with Gasteiger partial charge in [-0.25, -0.2) is 0 Å². The van der Waals surface area contributed by atoms with Crippen molar-refractivity contribution in [2.24, 2.45) is 0 Å². The fraction of sp³-hybridized carbons (Fsp3) is 0.500. The molecule has 2 aromatic rings. The quantitative estimate of drug-likeness (QED) is 0.910. The zero-order valence-corrected chi connectivity index (χ0v) is 13.0. The highest BCUT2D eigenvalue weighted by atomic mass is 15.3. The highest BCUT2D eigenvalue weighted by Crippen LogP contribution is 2.20. The van der Waals surface area contributed by atoms with E-state index in [-0.39, 0.29) is 6.04 Å². The van der Waals surface area contributed by atoms with Crippen LogP contribution in [0, 0.1) is 13.8 Å². The van der Waals surface area contributed by atoms with Crippen LogP contribution >= 0.6 is 0 Å². The standard InChI is InChI=1S/C16H24N4/c1-11(2)20-7-6-14(19-20)9-15(17-5)16-13(4)8-12(3)10-18-16/h6-8,10-11,15,17H,9H2,1-5H3. The number of hydrogen-bond acceptors (Lipinski definition) is 3. The minimum Gasteiger partial charge on any atom is -0.311 e. The predicted molar refractivity (Wildman–Crippen MR) is 81.8 cm³/mol. The normalized spacial score (nSPS) is 12.9. The third-order valence-electron chi connectivity index (χ3n) is 3.54. The van der Waals surface area contributed by atoms with Crippen LogP contribution < -0.4 is 5.32 Å². The van der Waals surface area contributed by atoms with Gasteiger partial charge < -0.3 is 5.32 Å². The Bertz CT molecular complexity index is 572. The van der Waals surface area contributed by atoms with Gasteiger partial charge in [-0.3, -0.25) is 9.67 Å². The van der Waals surface area contributed by atoms with Gasteiger partial charge in [0.1, 0.15) is 0 Å². The van der Waals surface area contributed by atoms with Crippen LogP contribution in [-0.4, -0.2) is 21.8 Å². The molecule has 0 amide bonds. The largest absolute Gasteiger partial charge is 0.311 e. The Morgan fingerprint density at radius 1 is 1.30 bits per heavy atom. The van der Waals surface area contributed by atoms with Crippen molar-refractivity contribution in [1.29, 1.82) is 0 Å². The Balaban J connectivity index is 2.19. The lowest BCUT2D eigenvalue weighted by molar-refractivity contribution is 0.511. The van der Waals surface area contributed by atoms with Crippen LogP contribution in [0.15, 0.2) is 24.5 Å². The molecule has 20 heavy (non-hydrogen) atoms. The third kappa shape index (κ3) is 3.25. The number of likely N-dealkylation sites (N-methyl/N-ethyl adjacent to an activating group) is 1. The summed E-state index contributed by atoms with van der Waals surface area (Å²) in [5.74, 6) is 0. The first kappa shape index (κ1) is 14.7. The number of pyridine rings is 1. The van der Waals surface area contributed by atoms with Crippen molar-refractivity contribution in [1.82, 2.24) is 20.1 Å². The van der Waals surface area contributed by atoms with Crippen LogP contribution in [-0.2, 0) is 6.42 Å². The molecule has 0 aromatic carbocycles. The first-order chi connectivity index (χ1) is 9.51. The smallest absolute Gasteiger partial charge is 0.0644 e. The predicted octanol–water partition coefficient (Wildman–Crippen LogP) is 2.98. The fourth-order valence-electron chi connectivity index (χ4n) is 2.41. The number of aromatic nitrogens is 3. The molecule has 0 spiro atoms. The molecule has 2 rings (SSSR count). The highest BCUT2D eigenvalue weighted by Gasteiger charge is 2.16. The van der Waals surface area contributed by atoms with Crippen molar-refractivity contribution in [2.45, 2.75) is 46.2 Å². The van der Waals surface area contributed by atoms with Gasteiger partial charge in [-0.2, -0.15) is 5.10 Å². The van der Waals surface area contributed by atoms with E-state index < -0.39 is 0 Å². The molecule has 1 N–H and O–H groups in total. The molecule has 0 saturated carbocycles. The summed E-state index contributed by atoms with van der Waals surface area (Å²) in [5.41, 5.74) is 4.63. The van der Waals surface area contributed by atoms with Gasteiger partial charge in [0.25, 0.3) is 0 Å². The van der Waals surface area contributed by atoms with Crippen LogP contribution in [0.1, 0.15) is 48.4 Å². The van der Waals surface area contributed by atoms with Gasteiger partial charge in [-0.15, -0.1) is 0 Å². The maximum atomic E-state index is 4.62. The van der Waals surface area contributed by atoms with E-state index in [1.165, 1.54) is 11.1 Å². The second kappa shape index (κ2) is 6.18. The molecule has 0 aliphatic heterocycles. The number of rotatable bonds is 5. The van der Waals surface area contributed by atoms with Crippen molar-refractivity contribution < 1.29 is 0 Å². The number of hydrogen-bond donors (Lipinski definition) is 1. The molecule has 0 fully saturated rings. The van der Waals surface area contributed by atoms with E-state index >= 15 is 0 Å². The Labute approximate surface area is 121 Å². The molecule has 0 aliphatic rings. The first-order valence-corrected chi connectivity index (χ1v) is 7.15. The van der Waals surface area contributed by atoms with Crippen LogP contribution in [0.3, 0.4) is 0 Å². The maximum Gasteiger partial charge on any atom is 0.0644 e. The molecular formula is C16H24N4. The molecule has 0 aliphatic carbocycles. The van der Waals surface area contributed by atoms with Gasteiger partial charge in [0.05, 0.1) is 17.4 Å². The lowest BCUT2D eigenvalue weighted by Crippen LogP contribution is -2.21. The van der Waals surface area contributed by atoms with Crippen molar-refractivity contribution in [2.75, 3.05) is 7.05 Å². The summed E-state index contributed by atoms with van der Waals surface area (Å²) in [4.78, 5) is 4.59. The van der Waals surface area contributed by atoms with Gasteiger partial charge in [-0.1, -0.05) is 6.07 Å². The van der Waals surface area contributed by atoms with E-state index in [1.54, 1.807) is 0 Å². The van der Waals surface area contributed by atoms with E-state index in [4.69, 9.17) is 0 Å². The molecule has 1 unspecified atom stereocenters. The summed E-state index contributed by atoms with van der Waals surface area (Å²) in [6.07, 6.45) is 4.83. The van der Waals surface area contributed by atoms with Crippen molar-refractivity contribution in [3.63, 3.8) is 0 Å². The van der Waals surface area contributed by atoms with Gasteiger partial charge in [0.15, 0.2) is 0 Å². The number of nitrogens with one attached hydrogen (secondary N) is 1. The minimum absolute atomic E-state index is 0.200. The van der Waals surface area contributed by atoms with Gasteiger partial charge in [-0.05, 0) is 51.9 Å². The average Bonchev–Trinajstić information content (AvgIpc) is 2.85. The molecule has 4 heteroatoms. The molecule has 0 saturated heterocycles. The molecule has 1 atom stereocenters. The third-order valence-corrected chi connectivity index (χ3v) is 3.54. The molecule has 108 valence electrons. The molecular weight excluding hydrogens is 248 g/mol. The molecule has 2 heterocycles. The van der Waals surface area contributed by atoms with Gasteiger partial charge in [0, 0.05) is 24.9 Å². The van der Waals surface area contributed by atoms with Crippen molar-refractivity contribution in [3.05, 3.63) is 47.0 Å². The lowest BCUT2D eigenvalue weighted by Gasteiger charge is -2.17. The molecule has 0 bridgehead atoms. The van der Waals surface area contributed by atoms with E-state index in [0.717, 1.165) is 17.8 Å². The average molecular weight is 272 g/mol. The molecule has 0 radical (unpaired) electrons. The lowest BCUT2D eigenvalue weighted by atomic mass is 10.0. The summed E-state index contributed by atoms with van der Waals surface area (Å²) in [7, 11) is 1.98. The SMILES string of the molecule is CNC(Cc1ccn(C(C)C)n1)c1ncc(C)cc1C. The summed E-state index contributed by atoms with van der Waals surface area (Å²) >= 11 is 0. The Morgan fingerprint density at radius 2 is 2.05 bits per heavy atom. The second-order valence-electron chi connectivity index (χ2n) is 5.64. The van der Waals surface area contributed by atoms with Crippen LogP contribution in [0.4, 0.5) is 0 Å². The summed E-state index contributed by atoms with van der Waals surface area (Å²) in [5, 5.41) is 7.97. The molecule has 4 nitrogen and oxygen atoms in total. The van der Waals surface area contributed by atoms with E-state index in [9.17, 15) is 0 Å². The second-order valence-corrected chi connectivity index (χ2v) is 5.64. The molecule has 2 aromatic heterocycles. The van der Waals surface area contributed by atoms with E-state index in [2.05, 4.69) is 55.2 Å². The zero-order valence-electron chi connectivity index (χ0n) is 13.0. The van der Waals surface area contributed by atoms with Gasteiger partial charge >= 0.3 is 0 Å². The van der Waals surface area contributed by atoms with Crippen LogP contribution in [0.25, 0.3) is 0 Å². The van der Waals surface area contributed by atoms with E-state index in [0.29, 0.717) is 6.04 Å². The highest BCUT2D eigenvalue weighted by molar-refractivity contribution is 5.26.